The van der Waals surface area contributed by atoms with Crippen LogP contribution in [0.15, 0.2) is 36.7 Å². The molecule has 6 heteroatoms. The van der Waals surface area contributed by atoms with Crippen molar-refractivity contribution in [3.8, 4) is 0 Å². The lowest BCUT2D eigenvalue weighted by molar-refractivity contribution is 0.0697. The number of hydrogen-bond acceptors (Lipinski definition) is 4. The molecule has 0 saturated heterocycles. The summed E-state index contributed by atoms with van der Waals surface area (Å²) >= 11 is 4.94. The van der Waals surface area contributed by atoms with Crippen molar-refractivity contribution in [2.24, 2.45) is 0 Å². The summed E-state index contributed by atoms with van der Waals surface area (Å²) in [6.45, 7) is 0.579. The summed E-state index contributed by atoms with van der Waals surface area (Å²) in [4.78, 5) is 17.5. The smallest absolute Gasteiger partial charge is 0.335 e. The van der Waals surface area contributed by atoms with Crippen LogP contribution in [0.4, 0.5) is 5.82 Å². The molecule has 0 spiro atoms. The highest BCUT2D eigenvalue weighted by molar-refractivity contribution is 7.71. The number of aromatic nitrogens is 2. The zero-order chi connectivity index (χ0) is 13.0. The maximum absolute atomic E-state index is 10.7. The summed E-state index contributed by atoms with van der Waals surface area (Å²) in [6.07, 6.45) is 1.53. The van der Waals surface area contributed by atoms with E-state index in [9.17, 15) is 4.79 Å². The monoisotopic (exact) mass is 261 g/mol. The number of carbonyl (C=O) groups is 1. The van der Waals surface area contributed by atoms with Crippen molar-refractivity contribution < 1.29 is 9.90 Å². The molecule has 0 unspecified atom stereocenters. The molecule has 0 atom stereocenters. The lowest BCUT2D eigenvalue weighted by Crippen LogP contribution is -2.02. The van der Waals surface area contributed by atoms with Crippen LogP contribution >= 0.6 is 12.2 Å². The molecule has 0 aliphatic carbocycles. The molecule has 92 valence electrons. The molecule has 1 heterocycles. The van der Waals surface area contributed by atoms with E-state index in [-0.39, 0.29) is 5.56 Å². The van der Waals surface area contributed by atoms with E-state index < -0.39 is 5.97 Å². The molecular weight excluding hydrogens is 250 g/mol. The molecule has 1 aromatic heterocycles. The maximum Gasteiger partial charge on any atom is 0.335 e. The van der Waals surface area contributed by atoms with Gasteiger partial charge < -0.3 is 15.4 Å². The Hall–Kier alpha value is -2.21. The van der Waals surface area contributed by atoms with Gasteiger partial charge in [-0.3, -0.25) is 0 Å². The Morgan fingerprint density at radius 1 is 1.39 bits per heavy atom. The first-order valence-corrected chi connectivity index (χ1v) is 5.67. The molecule has 0 fully saturated rings. The molecule has 2 rings (SSSR count). The quantitative estimate of drug-likeness (QED) is 0.737. The van der Waals surface area contributed by atoms with E-state index in [1.54, 1.807) is 30.3 Å². The Balaban J connectivity index is 2.02. The van der Waals surface area contributed by atoms with E-state index in [2.05, 4.69) is 15.3 Å². The van der Waals surface area contributed by atoms with Crippen LogP contribution < -0.4 is 5.32 Å². The summed E-state index contributed by atoms with van der Waals surface area (Å²) in [5, 5.41) is 11.9. The van der Waals surface area contributed by atoms with Gasteiger partial charge in [-0.2, -0.15) is 0 Å². The van der Waals surface area contributed by atoms with Gasteiger partial charge in [-0.05, 0) is 17.7 Å². The van der Waals surface area contributed by atoms with Crippen molar-refractivity contribution in [2.45, 2.75) is 6.54 Å². The number of aromatic carboxylic acids is 1. The highest BCUT2D eigenvalue weighted by Gasteiger charge is 2.01. The zero-order valence-electron chi connectivity index (χ0n) is 9.38. The fourth-order valence-electron chi connectivity index (χ4n) is 1.43. The molecule has 5 nitrogen and oxygen atoms in total. The summed E-state index contributed by atoms with van der Waals surface area (Å²) in [5.41, 5.74) is 1.26. The van der Waals surface area contributed by atoms with Crippen molar-refractivity contribution in [1.29, 1.82) is 0 Å². The van der Waals surface area contributed by atoms with Crippen LogP contribution in [0.25, 0.3) is 0 Å². The Kier molecular flexibility index (Phi) is 3.69. The number of aromatic amines is 1. The predicted molar refractivity (Wildman–Crippen MR) is 70.1 cm³/mol. The average molecular weight is 261 g/mol. The third-order valence-electron chi connectivity index (χ3n) is 2.36. The Morgan fingerprint density at radius 2 is 2.11 bits per heavy atom. The second-order valence-electron chi connectivity index (χ2n) is 3.65. The summed E-state index contributed by atoms with van der Waals surface area (Å²) in [6, 6.07) is 8.42. The third kappa shape index (κ3) is 3.14. The fraction of sp³-hybridized carbons (Fsp3) is 0.0833. The number of anilines is 1. The van der Waals surface area contributed by atoms with Gasteiger partial charge in [0, 0.05) is 12.6 Å². The first-order chi connectivity index (χ1) is 8.65. The number of nitrogens with one attached hydrogen (secondary N) is 2. The standard InChI is InChI=1S/C12H11N3O2S/c16-12(17)9-3-1-8(2-4-9)6-13-10-5-11(18)15-7-14-10/h1-5,7H,6H2,(H,16,17)(H2,13,14,15,18). The van der Waals surface area contributed by atoms with E-state index in [0.717, 1.165) is 11.4 Å². The van der Waals surface area contributed by atoms with Crippen LogP contribution in [0.3, 0.4) is 0 Å². The van der Waals surface area contributed by atoms with Crippen LogP contribution in [-0.4, -0.2) is 21.0 Å². The molecule has 0 aliphatic heterocycles. The molecule has 18 heavy (non-hydrogen) atoms. The minimum absolute atomic E-state index is 0.280. The normalized spacial score (nSPS) is 10.0. The molecule has 1 aromatic carbocycles. The van der Waals surface area contributed by atoms with Gasteiger partial charge in [0.2, 0.25) is 0 Å². The molecule has 0 aliphatic rings. The minimum Gasteiger partial charge on any atom is -0.478 e. The van der Waals surface area contributed by atoms with Crippen molar-refractivity contribution in [2.75, 3.05) is 5.32 Å². The summed E-state index contributed by atoms with van der Waals surface area (Å²) in [5.74, 6) is -0.148. The van der Waals surface area contributed by atoms with E-state index in [1.165, 1.54) is 6.33 Å². The maximum atomic E-state index is 10.7. The van der Waals surface area contributed by atoms with Crippen molar-refractivity contribution in [3.05, 3.63) is 52.4 Å². The van der Waals surface area contributed by atoms with Crippen LogP contribution in [-0.2, 0) is 6.54 Å². The number of carboxylic acids is 1. The Morgan fingerprint density at radius 3 is 2.72 bits per heavy atom. The highest BCUT2D eigenvalue weighted by Crippen LogP contribution is 2.07. The molecule has 0 radical (unpaired) electrons. The van der Waals surface area contributed by atoms with Gasteiger partial charge in [0.05, 0.1) is 11.9 Å². The molecule has 0 amide bonds. The summed E-state index contributed by atoms with van der Waals surface area (Å²) in [7, 11) is 0. The Labute approximate surface area is 109 Å². The molecule has 0 bridgehead atoms. The first kappa shape index (κ1) is 12.3. The van der Waals surface area contributed by atoms with Crippen LogP contribution in [0.1, 0.15) is 15.9 Å². The van der Waals surface area contributed by atoms with Crippen LogP contribution in [0.2, 0.25) is 0 Å². The van der Waals surface area contributed by atoms with Gasteiger partial charge in [0.25, 0.3) is 0 Å². The molecule has 0 saturated carbocycles. The average Bonchev–Trinajstić information content (AvgIpc) is 2.37. The topological polar surface area (TPSA) is 78.0 Å². The van der Waals surface area contributed by atoms with E-state index in [1.807, 2.05) is 0 Å². The fourth-order valence-corrected chi connectivity index (χ4v) is 1.60. The van der Waals surface area contributed by atoms with Crippen LogP contribution in [0.5, 0.6) is 0 Å². The number of H-pyrrole nitrogens is 1. The van der Waals surface area contributed by atoms with E-state index >= 15 is 0 Å². The second-order valence-corrected chi connectivity index (χ2v) is 4.07. The second kappa shape index (κ2) is 5.42. The number of rotatable bonds is 4. The lowest BCUT2D eigenvalue weighted by atomic mass is 10.1. The molecule has 3 N–H and O–H groups in total. The Bertz CT molecular complexity index is 607. The molecule has 2 aromatic rings. The van der Waals surface area contributed by atoms with Gasteiger partial charge in [-0.25, -0.2) is 9.78 Å². The first-order valence-electron chi connectivity index (χ1n) is 5.26. The predicted octanol–water partition coefficient (Wildman–Crippen LogP) is 2.45. The van der Waals surface area contributed by atoms with Gasteiger partial charge >= 0.3 is 5.97 Å². The third-order valence-corrected chi connectivity index (χ3v) is 2.59. The van der Waals surface area contributed by atoms with E-state index in [4.69, 9.17) is 17.3 Å². The largest absolute Gasteiger partial charge is 0.478 e. The minimum atomic E-state index is -0.923. The van der Waals surface area contributed by atoms with Gasteiger partial charge in [0.1, 0.15) is 10.5 Å². The van der Waals surface area contributed by atoms with Gasteiger partial charge in [0.15, 0.2) is 0 Å². The number of benzene rings is 1. The van der Waals surface area contributed by atoms with Crippen molar-refractivity contribution in [3.63, 3.8) is 0 Å². The number of carboxylic acid groups (broad SMARTS) is 1. The van der Waals surface area contributed by atoms with E-state index in [0.29, 0.717) is 11.2 Å². The molecular formula is C12H11N3O2S. The van der Waals surface area contributed by atoms with Crippen molar-refractivity contribution >= 4 is 24.0 Å². The number of nitrogens with zero attached hydrogens (tertiary/aromatic N) is 1. The van der Waals surface area contributed by atoms with Crippen molar-refractivity contribution in [1.82, 2.24) is 9.97 Å². The van der Waals surface area contributed by atoms with Gasteiger partial charge in [-0.1, -0.05) is 24.4 Å². The van der Waals surface area contributed by atoms with Gasteiger partial charge in [-0.15, -0.1) is 0 Å². The summed E-state index contributed by atoms with van der Waals surface area (Å²) < 4.78 is 0.512. The van der Waals surface area contributed by atoms with Crippen LogP contribution in [0, 0.1) is 4.64 Å². The zero-order valence-corrected chi connectivity index (χ0v) is 10.2. The lowest BCUT2D eigenvalue weighted by Gasteiger charge is -2.06. The SMILES string of the molecule is O=C(O)c1ccc(CNc2cc(=S)nc[nH]2)cc1. The highest BCUT2D eigenvalue weighted by atomic mass is 32.1. The number of hydrogen-bond donors (Lipinski definition) is 3.